The van der Waals surface area contributed by atoms with Gasteiger partial charge in [-0.15, -0.1) is 0 Å². The van der Waals surface area contributed by atoms with E-state index in [9.17, 15) is 4.79 Å². The van der Waals surface area contributed by atoms with E-state index in [1.807, 2.05) is 26.8 Å². The Bertz CT molecular complexity index is 590. The maximum atomic E-state index is 12.1. The van der Waals surface area contributed by atoms with Crippen LogP contribution in [0, 0.1) is 13.8 Å². The van der Waals surface area contributed by atoms with Gasteiger partial charge in [0.2, 0.25) is 0 Å². The molecule has 0 aliphatic carbocycles. The van der Waals surface area contributed by atoms with Crippen LogP contribution >= 0.6 is 15.9 Å². The van der Waals surface area contributed by atoms with Gasteiger partial charge in [0.1, 0.15) is 16.1 Å². The van der Waals surface area contributed by atoms with Gasteiger partial charge in [-0.3, -0.25) is 4.79 Å². The zero-order chi connectivity index (χ0) is 14.0. The fraction of sp³-hybridized carbons (Fsp3) is 0.286. The molecule has 1 amide bonds. The van der Waals surface area contributed by atoms with Crippen LogP contribution in [0.1, 0.15) is 40.4 Å². The van der Waals surface area contributed by atoms with Gasteiger partial charge in [0.15, 0.2) is 0 Å². The average Bonchev–Trinajstić information content (AvgIpc) is 2.69. The first-order valence-electron chi connectivity index (χ1n) is 5.96. The molecule has 0 aliphatic heterocycles. The summed E-state index contributed by atoms with van der Waals surface area (Å²) in [5.41, 5.74) is 1.53. The van der Waals surface area contributed by atoms with E-state index in [0.717, 1.165) is 17.1 Å². The molecular weight excluding hydrogens is 308 g/mol. The number of amides is 1. The number of hydrogen-bond donors (Lipinski definition) is 1. The molecule has 4 nitrogen and oxygen atoms in total. The lowest BCUT2D eigenvalue weighted by Crippen LogP contribution is -2.26. The molecule has 0 fully saturated rings. The van der Waals surface area contributed by atoms with Gasteiger partial charge in [0, 0.05) is 11.8 Å². The highest BCUT2D eigenvalue weighted by molar-refractivity contribution is 9.10. The SMILES string of the molecule is Cc1cc(C(C)NC(=O)c2ccc(Br)nc2)c(C)o1. The molecule has 100 valence electrons. The van der Waals surface area contributed by atoms with E-state index < -0.39 is 0 Å². The lowest BCUT2D eigenvalue weighted by molar-refractivity contribution is 0.0939. The molecule has 2 aromatic heterocycles. The van der Waals surface area contributed by atoms with Crippen molar-refractivity contribution in [1.82, 2.24) is 10.3 Å². The minimum atomic E-state index is -0.147. The van der Waals surface area contributed by atoms with Crippen molar-refractivity contribution < 1.29 is 9.21 Å². The normalized spacial score (nSPS) is 12.2. The third-order valence-corrected chi connectivity index (χ3v) is 3.35. The molecule has 5 heteroatoms. The first-order chi connectivity index (χ1) is 8.97. The number of halogens is 1. The van der Waals surface area contributed by atoms with Crippen molar-refractivity contribution in [3.05, 3.63) is 51.6 Å². The summed E-state index contributed by atoms with van der Waals surface area (Å²) in [5, 5.41) is 2.93. The van der Waals surface area contributed by atoms with Gasteiger partial charge in [-0.05, 0) is 54.9 Å². The van der Waals surface area contributed by atoms with Crippen molar-refractivity contribution in [3.8, 4) is 0 Å². The number of rotatable bonds is 3. The highest BCUT2D eigenvalue weighted by Gasteiger charge is 2.16. The standard InChI is InChI=1S/C14H15BrN2O2/c1-8-6-12(10(3)19-8)9(2)17-14(18)11-4-5-13(15)16-7-11/h4-7,9H,1-3H3,(H,17,18). The van der Waals surface area contributed by atoms with Crippen LogP contribution < -0.4 is 5.32 Å². The number of aryl methyl sites for hydroxylation is 2. The predicted octanol–water partition coefficient (Wildman–Crippen LogP) is 3.54. The van der Waals surface area contributed by atoms with E-state index >= 15 is 0 Å². The highest BCUT2D eigenvalue weighted by Crippen LogP contribution is 2.21. The minimum absolute atomic E-state index is 0.103. The van der Waals surface area contributed by atoms with E-state index in [4.69, 9.17) is 4.42 Å². The number of nitrogens with zero attached hydrogens (tertiary/aromatic N) is 1. The lowest BCUT2D eigenvalue weighted by atomic mass is 10.1. The summed E-state index contributed by atoms with van der Waals surface area (Å²) in [6.07, 6.45) is 1.54. The molecule has 2 heterocycles. The second-order valence-electron chi connectivity index (χ2n) is 4.43. The number of aromatic nitrogens is 1. The smallest absolute Gasteiger partial charge is 0.253 e. The molecule has 1 atom stereocenters. The van der Waals surface area contributed by atoms with E-state index in [-0.39, 0.29) is 11.9 Å². The molecule has 0 spiro atoms. The van der Waals surface area contributed by atoms with Gasteiger partial charge in [0.05, 0.1) is 11.6 Å². The summed E-state index contributed by atoms with van der Waals surface area (Å²) in [5.74, 6) is 1.53. The second kappa shape index (κ2) is 5.57. The quantitative estimate of drug-likeness (QED) is 0.879. The number of furan rings is 1. The number of carbonyl (C=O) groups excluding carboxylic acids is 1. The minimum Gasteiger partial charge on any atom is -0.466 e. The van der Waals surface area contributed by atoms with Gasteiger partial charge in [-0.25, -0.2) is 4.98 Å². The molecule has 0 radical (unpaired) electrons. The summed E-state index contributed by atoms with van der Waals surface area (Å²) in [4.78, 5) is 16.1. The Morgan fingerprint density at radius 1 is 1.42 bits per heavy atom. The summed E-state index contributed by atoms with van der Waals surface area (Å²) in [6.45, 7) is 5.72. The summed E-state index contributed by atoms with van der Waals surface area (Å²) in [6, 6.07) is 5.31. The van der Waals surface area contributed by atoms with Gasteiger partial charge < -0.3 is 9.73 Å². The molecule has 0 saturated carbocycles. The molecule has 19 heavy (non-hydrogen) atoms. The largest absolute Gasteiger partial charge is 0.466 e. The fourth-order valence-corrected chi connectivity index (χ4v) is 2.18. The predicted molar refractivity (Wildman–Crippen MR) is 76.0 cm³/mol. The molecule has 1 unspecified atom stereocenters. The van der Waals surface area contributed by atoms with Crippen LogP contribution in [0.15, 0.2) is 33.4 Å². The highest BCUT2D eigenvalue weighted by atomic mass is 79.9. The maximum Gasteiger partial charge on any atom is 0.253 e. The Morgan fingerprint density at radius 2 is 2.16 bits per heavy atom. The number of nitrogens with one attached hydrogen (secondary N) is 1. The summed E-state index contributed by atoms with van der Waals surface area (Å²) < 4.78 is 6.18. The Balaban J connectivity index is 2.10. The monoisotopic (exact) mass is 322 g/mol. The van der Waals surface area contributed by atoms with Crippen LogP contribution in [0.25, 0.3) is 0 Å². The van der Waals surface area contributed by atoms with Gasteiger partial charge >= 0.3 is 0 Å². The van der Waals surface area contributed by atoms with Crippen LogP contribution in [0.2, 0.25) is 0 Å². The van der Waals surface area contributed by atoms with Crippen molar-refractivity contribution in [1.29, 1.82) is 0 Å². The van der Waals surface area contributed by atoms with Crippen LogP contribution in [0.3, 0.4) is 0 Å². The third-order valence-electron chi connectivity index (χ3n) is 2.88. The van der Waals surface area contributed by atoms with Gasteiger partial charge in [-0.2, -0.15) is 0 Å². The van der Waals surface area contributed by atoms with Crippen LogP contribution in [0.5, 0.6) is 0 Å². The average molecular weight is 323 g/mol. The number of carbonyl (C=O) groups is 1. The zero-order valence-electron chi connectivity index (χ0n) is 11.0. The molecular formula is C14H15BrN2O2. The molecule has 2 rings (SSSR count). The van der Waals surface area contributed by atoms with Crippen LogP contribution in [-0.4, -0.2) is 10.9 Å². The van der Waals surface area contributed by atoms with Crippen molar-refractivity contribution in [2.45, 2.75) is 26.8 Å². The zero-order valence-corrected chi connectivity index (χ0v) is 12.6. The van der Waals surface area contributed by atoms with E-state index in [1.165, 1.54) is 0 Å². The summed E-state index contributed by atoms with van der Waals surface area (Å²) >= 11 is 3.24. The van der Waals surface area contributed by atoms with Crippen LogP contribution in [0.4, 0.5) is 0 Å². The van der Waals surface area contributed by atoms with Crippen molar-refractivity contribution in [3.63, 3.8) is 0 Å². The molecule has 1 N–H and O–H groups in total. The molecule has 0 aliphatic rings. The Morgan fingerprint density at radius 3 is 2.68 bits per heavy atom. The van der Waals surface area contributed by atoms with E-state index in [2.05, 4.69) is 26.2 Å². The van der Waals surface area contributed by atoms with Crippen LogP contribution in [-0.2, 0) is 0 Å². The molecule has 2 aromatic rings. The topological polar surface area (TPSA) is 55.1 Å². The number of hydrogen-bond acceptors (Lipinski definition) is 3. The van der Waals surface area contributed by atoms with Crippen molar-refractivity contribution >= 4 is 21.8 Å². The summed E-state index contributed by atoms with van der Waals surface area (Å²) in [7, 11) is 0. The first kappa shape index (κ1) is 13.8. The molecule has 0 bridgehead atoms. The van der Waals surface area contributed by atoms with E-state index in [1.54, 1.807) is 18.3 Å². The van der Waals surface area contributed by atoms with Gasteiger partial charge in [0.25, 0.3) is 5.91 Å². The van der Waals surface area contributed by atoms with Gasteiger partial charge in [-0.1, -0.05) is 0 Å². The second-order valence-corrected chi connectivity index (χ2v) is 5.25. The Hall–Kier alpha value is -1.62. The van der Waals surface area contributed by atoms with E-state index in [0.29, 0.717) is 10.2 Å². The third kappa shape index (κ3) is 3.23. The fourth-order valence-electron chi connectivity index (χ4n) is 1.95. The molecule has 0 saturated heterocycles. The Kier molecular flexibility index (Phi) is 4.04. The Labute approximate surface area is 120 Å². The first-order valence-corrected chi connectivity index (χ1v) is 6.76. The lowest BCUT2D eigenvalue weighted by Gasteiger charge is -2.13. The van der Waals surface area contributed by atoms with Crippen molar-refractivity contribution in [2.75, 3.05) is 0 Å². The maximum absolute atomic E-state index is 12.1. The number of pyridine rings is 1. The molecule has 0 aromatic carbocycles. The van der Waals surface area contributed by atoms with Crippen molar-refractivity contribution in [2.24, 2.45) is 0 Å².